The molecule has 2 saturated heterocycles. The topological polar surface area (TPSA) is 65.5 Å². The molecule has 208 valence electrons. The second kappa shape index (κ2) is 14.3. The minimum absolute atomic E-state index is 0. The molecular formula is C30H35BrCl2N4O2. The third-order valence-electron chi connectivity index (χ3n) is 7.88. The van der Waals surface area contributed by atoms with Crippen LogP contribution in [0.1, 0.15) is 53.2 Å². The monoisotopic (exact) mass is 632 g/mol. The fraction of sp³-hybridized carbons (Fsp3) is 0.367. The molecule has 3 aromatic rings. The lowest BCUT2D eigenvalue weighted by Gasteiger charge is -2.38. The standard InChI is InChI=1S/C30H33BrN4O2.2ClH/c31-26-8-6-23(7-9-26)22-35-21-15-30(29(35)37)13-19-34(20-14-30)18-12-27(24-4-2-1-3-5-24)33-28(36)25-10-16-32-17-11-25;;/h1-11,16-17,27H,12-15,18-22H2,(H,33,36);2*1H. The molecule has 39 heavy (non-hydrogen) atoms. The zero-order valence-corrected chi connectivity index (χ0v) is 25.0. The van der Waals surface area contributed by atoms with Crippen molar-refractivity contribution in [3.8, 4) is 0 Å². The van der Waals surface area contributed by atoms with Crippen LogP contribution in [0.25, 0.3) is 0 Å². The van der Waals surface area contributed by atoms with Gasteiger partial charge in [0.25, 0.3) is 5.91 Å². The molecule has 1 spiro atoms. The Hall–Kier alpha value is -2.45. The van der Waals surface area contributed by atoms with E-state index in [4.69, 9.17) is 0 Å². The van der Waals surface area contributed by atoms with Crippen molar-refractivity contribution in [2.45, 2.75) is 38.3 Å². The van der Waals surface area contributed by atoms with E-state index < -0.39 is 0 Å². The summed E-state index contributed by atoms with van der Waals surface area (Å²) in [6.07, 6.45) is 6.85. The first-order valence-corrected chi connectivity index (χ1v) is 13.8. The summed E-state index contributed by atoms with van der Waals surface area (Å²) in [6.45, 7) is 4.23. The molecule has 9 heteroatoms. The highest BCUT2D eigenvalue weighted by atomic mass is 79.9. The number of likely N-dealkylation sites (tertiary alicyclic amines) is 2. The van der Waals surface area contributed by atoms with Crippen LogP contribution in [0.4, 0.5) is 0 Å². The lowest BCUT2D eigenvalue weighted by molar-refractivity contribution is -0.138. The van der Waals surface area contributed by atoms with E-state index in [2.05, 4.69) is 55.4 Å². The van der Waals surface area contributed by atoms with Crippen LogP contribution in [0, 0.1) is 5.41 Å². The highest BCUT2D eigenvalue weighted by Gasteiger charge is 2.47. The maximum atomic E-state index is 13.4. The Morgan fingerprint density at radius 2 is 1.56 bits per heavy atom. The van der Waals surface area contributed by atoms with Crippen molar-refractivity contribution in [3.63, 3.8) is 0 Å². The fourth-order valence-corrected chi connectivity index (χ4v) is 5.85. The maximum Gasteiger partial charge on any atom is 0.251 e. The number of rotatable bonds is 8. The predicted molar refractivity (Wildman–Crippen MR) is 162 cm³/mol. The van der Waals surface area contributed by atoms with Crippen molar-refractivity contribution in [1.29, 1.82) is 0 Å². The number of hydrogen-bond donors (Lipinski definition) is 1. The number of nitrogens with zero attached hydrogens (tertiary/aromatic N) is 3. The quantitative estimate of drug-likeness (QED) is 0.327. The second-order valence-corrected chi connectivity index (χ2v) is 11.1. The first kappa shape index (κ1) is 31.1. The summed E-state index contributed by atoms with van der Waals surface area (Å²) in [4.78, 5) is 34.8. The SMILES string of the molecule is Cl.Cl.O=C(NC(CCN1CCC2(CC1)CCN(Cc1ccc(Br)cc1)C2=O)c1ccccc1)c1ccncc1. The van der Waals surface area contributed by atoms with Crippen molar-refractivity contribution < 1.29 is 9.59 Å². The first-order valence-electron chi connectivity index (χ1n) is 13.0. The molecule has 1 atom stereocenters. The van der Waals surface area contributed by atoms with Gasteiger partial charge in [-0.15, -0.1) is 24.8 Å². The van der Waals surface area contributed by atoms with Gasteiger partial charge in [0.15, 0.2) is 0 Å². The number of aromatic nitrogens is 1. The Morgan fingerprint density at radius 3 is 2.23 bits per heavy atom. The normalized spacial score (nSPS) is 17.3. The summed E-state index contributed by atoms with van der Waals surface area (Å²) in [7, 11) is 0. The van der Waals surface area contributed by atoms with E-state index in [0.29, 0.717) is 18.0 Å². The van der Waals surface area contributed by atoms with Gasteiger partial charge in [0.1, 0.15) is 0 Å². The van der Waals surface area contributed by atoms with Gasteiger partial charge in [0.2, 0.25) is 5.91 Å². The largest absolute Gasteiger partial charge is 0.345 e. The number of piperidine rings is 1. The number of halogens is 3. The van der Waals surface area contributed by atoms with Gasteiger partial charge in [0, 0.05) is 42.1 Å². The third-order valence-corrected chi connectivity index (χ3v) is 8.41. The molecule has 1 unspecified atom stereocenters. The zero-order chi connectivity index (χ0) is 25.7. The summed E-state index contributed by atoms with van der Waals surface area (Å²) in [5.74, 6) is 0.234. The molecule has 0 radical (unpaired) electrons. The molecule has 0 bridgehead atoms. The van der Waals surface area contributed by atoms with Crippen LogP contribution in [-0.2, 0) is 11.3 Å². The van der Waals surface area contributed by atoms with Gasteiger partial charge in [0.05, 0.1) is 11.5 Å². The molecule has 0 aliphatic carbocycles. The molecule has 6 nitrogen and oxygen atoms in total. The number of pyridine rings is 1. The van der Waals surface area contributed by atoms with Crippen LogP contribution in [0.15, 0.2) is 83.6 Å². The number of hydrogen-bond acceptors (Lipinski definition) is 4. The molecule has 2 fully saturated rings. The highest BCUT2D eigenvalue weighted by molar-refractivity contribution is 9.10. The Kier molecular flexibility index (Phi) is 11.4. The lowest BCUT2D eigenvalue weighted by atomic mass is 9.77. The molecule has 2 amide bonds. The van der Waals surface area contributed by atoms with Gasteiger partial charge < -0.3 is 15.1 Å². The summed E-state index contributed by atoms with van der Waals surface area (Å²) in [5, 5.41) is 3.22. The molecule has 2 aliphatic heterocycles. The second-order valence-electron chi connectivity index (χ2n) is 10.2. The van der Waals surface area contributed by atoms with E-state index >= 15 is 0 Å². The van der Waals surface area contributed by atoms with E-state index in [0.717, 1.165) is 61.9 Å². The van der Waals surface area contributed by atoms with Crippen molar-refractivity contribution in [2.24, 2.45) is 5.41 Å². The molecule has 1 N–H and O–H groups in total. The molecule has 2 aliphatic rings. The van der Waals surface area contributed by atoms with Crippen molar-refractivity contribution in [3.05, 3.63) is 100 Å². The lowest BCUT2D eigenvalue weighted by Crippen LogP contribution is -2.45. The average Bonchev–Trinajstić information content (AvgIpc) is 3.23. The Labute approximate surface area is 251 Å². The van der Waals surface area contributed by atoms with Crippen molar-refractivity contribution in [1.82, 2.24) is 20.1 Å². The number of nitrogens with one attached hydrogen (secondary N) is 1. The van der Waals surface area contributed by atoms with Crippen molar-refractivity contribution >= 4 is 52.6 Å². The smallest absolute Gasteiger partial charge is 0.251 e. The van der Waals surface area contributed by atoms with E-state index in [1.165, 1.54) is 5.56 Å². The molecule has 2 aromatic carbocycles. The Balaban J connectivity index is 0.00000210. The molecule has 5 rings (SSSR count). The number of amides is 2. The van der Waals surface area contributed by atoms with Gasteiger partial charge >= 0.3 is 0 Å². The van der Waals surface area contributed by atoms with Gasteiger partial charge in [-0.05, 0) is 74.2 Å². The van der Waals surface area contributed by atoms with E-state index in [1.54, 1.807) is 24.5 Å². The molecular weight excluding hydrogens is 599 g/mol. The van der Waals surface area contributed by atoms with Crippen LogP contribution < -0.4 is 5.32 Å². The number of carbonyl (C=O) groups is 2. The average molecular weight is 634 g/mol. The van der Waals surface area contributed by atoms with E-state index in [9.17, 15) is 9.59 Å². The molecule has 0 saturated carbocycles. The summed E-state index contributed by atoms with van der Waals surface area (Å²) in [6, 6.07) is 21.8. The van der Waals surface area contributed by atoms with Gasteiger partial charge in [-0.1, -0.05) is 58.4 Å². The number of benzene rings is 2. The van der Waals surface area contributed by atoms with Crippen LogP contribution in [0.3, 0.4) is 0 Å². The predicted octanol–water partition coefficient (Wildman–Crippen LogP) is 6.06. The number of carbonyl (C=O) groups excluding carboxylic acids is 2. The Bertz CT molecular complexity index is 1210. The van der Waals surface area contributed by atoms with Gasteiger partial charge in [-0.3, -0.25) is 14.6 Å². The summed E-state index contributed by atoms with van der Waals surface area (Å²) in [5.41, 5.74) is 2.68. The summed E-state index contributed by atoms with van der Waals surface area (Å²) >= 11 is 3.48. The third kappa shape index (κ3) is 7.60. The minimum Gasteiger partial charge on any atom is -0.345 e. The van der Waals surface area contributed by atoms with E-state index in [-0.39, 0.29) is 42.2 Å². The van der Waals surface area contributed by atoms with Gasteiger partial charge in [-0.25, -0.2) is 0 Å². The van der Waals surface area contributed by atoms with E-state index in [1.807, 2.05) is 35.2 Å². The van der Waals surface area contributed by atoms with Crippen molar-refractivity contribution in [2.75, 3.05) is 26.2 Å². The Morgan fingerprint density at radius 1 is 0.923 bits per heavy atom. The first-order chi connectivity index (χ1) is 18.0. The van der Waals surface area contributed by atoms with Crippen LogP contribution in [-0.4, -0.2) is 52.8 Å². The fourth-order valence-electron chi connectivity index (χ4n) is 5.59. The maximum absolute atomic E-state index is 13.4. The summed E-state index contributed by atoms with van der Waals surface area (Å²) < 4.78 is 1.05. The van der Waals surface area contributed by atoms with Gasteiger partial charge in [-0.2, -0.15) is 0 Å². The zero-order valence-electron chi connectivity index (χ0n) is 21.8. The van der Waals surface area contributed by atoms with Crippen LogP contribution in [0.5, 0.6) is 0 Å². The highest BCUT2D eigenvalue weighted by Crippen LogP contribution is 2.42. The molecule has 1 aromatic heterocycles. The van der Waals surface area contributed by atoms with Crippen LogP contribution in [0.2, 0.25) is 0 Å². The van der Waals surface area contributed by atoms with Crippen LogP contribution >= 0.6 is 40.7 Å². The minimum atomic E-state index is -0.208. The molecule has 3 heterocycles.